The van der Waals surface area contributed by atoms with Crippen molar-refractivity contribution in [2.75, 3.05) is 13.1 Å². The van der Waals surface area contributed by atoms with Crippen molar-refractivity contribution in [1.29, 1.82) is 0 Å². The summed E-state index contributed by atoms with van der Waals surface area (Å²) in [5.74, 6) is -1.08. The molecule has 5 rings (SSSR count). The van der Waals surface area contributed by atoms with E-state index >= 15 is 0 Å². The summed E-state index contributed by atoms with van der Waals surface area (Å²) < 4.78 is 87.3. The highest BCUT2D eigenvalue weighted by molar-refractivity contribution is 7.84. The average Bonchev–Trinajstić information content (AvgIpc) is 3.68. The quantitative estimate of drug-likeness (QED) is 0.245. The molecule has 1 aromatic carbocycles. The summed E-state index contributed by atoms with van der Waals surface area (Å²) in [4.78, 5) is 24.6. The molecule has 0 N–H and O–H groups in total. The number of nitrogens with zero attached hydrogens (tertiary/aromatic N) is 5. The maximum Gasteiger partial charge on any atom is 0.282 e. The van der Waals surface area contributed by atoms with E-state index in [1.54, 1.807) is 19.1 Å². The van der Waals surface area contributed by atoms with Gasteiger partial charge in [0.05, 0.1) is 26.6 Å². The molecule has 1 saturated heterocycles. The van der Waals surface area contributed by atoms with Crippen LogP contribution in [0.1, 0.15) is 82.9 Å². The smallest absolute Gasteiger partial charge is 0.282 e. The number of hydrogen-bond donors (Lipinski definition) is 0. The van der Waals surface area contributed by atoms with Crippen molar-refractivity contribution < 1.29 is 40.2 Å². The molecule has 0 aliphatic carbocycles. The minimum atomic E-state index is -4.49. The van der Waals surface area contributed by atoms with Crippen LogP contribution in [0.4, 0.5) is 17.6 Å². The standard InChI is InChI=1S/C26H27F4N5O5S2/c1-14-2-3-17(16(8-14)13-42(37,38)39)22-10-18(33-40-22)20-12-41-26(31-20)15-4-6-34(7-5-15)23(36)11-35-21(25(29)30)9-19(32-35)24(27)28/h2-3,8-9,12,15,22,24-25H,4-7,10-11,13H2,1H3,(H,37,38,39)/p-1. The van der Waals surface area contributed by atoms with Gasteiger partial charge in [-0.25, -0.2) is 31.0 Å². The van der Waals surface area contributed by atoms with E-state index in [1.807, 2.05) is 11.4 Å². The van der Waals surface area contributed by atoms with Crippen LogP contribution in [0.15, 0.2) is 34.8 Å². The van der Waals surface area contributed by atoms with E-state index in [-0.39, 0.29) is 5.92 Å². The van der Waals surface area contributed by atoms with Gasteiger partial charge in [0, 0.05) is 30.8 Å². The Kier molecular flexibility index (Phi) is 8.66. The molecule has 0 bridgehead atoms. The number of alkyl halides is 4. The van der Waals surface area contributed by atoms with Gasteiger partial charge >= 0.3 is 0 Å². The van der Waals surface area contributed by atoms with Gasteiger partial charge in [0.15, 0.2) is 6.10 Å². The van der Waals surface area contributed by atoms with Crippen LogP contribution in [-0.4, -0.2) is 57.3 Å². The van der Waals surface area contributed by atoms with Gasteiger partial charge < -0.3 is 14.3 Å². The first-order valence-corrected chi connectivity index (χ1v) is 15.5. The van der Waals surface area contributed by atoms with Crippen molar-refractivity contribution >= 4 is 33.1 Å². The van der Waals surface area contributed by atoms with Gasteiger partial charge in [-0.15, -0.1) is 11.3 Å². The monoisotopic (exact) mass is 628 g/mol. The average molecular weight is 629 g/mol. The number of likely N-dealkylation sites (tertiary alicyclic amines) is 1. The van der Waals surface area contributed by atoms with Gasteiger partial charge in [-0.3, -0.25) is 9.48 Å². The highest BCUT2D eigenvalue weighted by Crippen LogP contribution is 2.35. The lowest BCUT2D eigenvalue weighted by atomic mass is 9.97. The third-order valence-electron chi connectivity index (χ3n) is 7.22. The lowest BCUT2D eigenvalue weighted by molar-refractivity contribution is -0.133. The molecule has 2 aliphatic heterocycles. The van der Waals surface area contributed by atoms with Crippen LogP contribution >= 0.6 is 11.3 Å². The lowest BCUT2D eigenvalue weighted by Gasteiger charge is -2.31. The number of hydrogen-bond acceptors (Lipinski definition) is 9. The SMILES string of the molecule is Cc1ccc(C2CC(c3csc(C4CCN(C(=O)Cn5nc(C(F)F)cc5C(F)F)CC4)n3)=NO2)c(CS(=O)(=O)[O-])c1. The molecule has 226 valence electrons. The van der Waals surface area contributed by atoms with E-state index in [2.05, 4.69) is 10.3 Å². The van der Waals surface area contributed by atoms with Gasteiger partial charge in [-0.1, -0.05) is 28.9 Å². The number of oxime groups is 1. The molecule has 1 fully saturated rings. The molecule has 1 unspecified atom stereocenters. The molecule has 16 heteroatoms. The fourth-order valence-corrected chi connectivity index (χ4v) is 6.76. The Labute approximate surface area is 242 Å². The normalized spacial score (nSPS) is 18.1. The van der Waals surface area contributed by atoms with Crippen molar-refractivity contribution in [3.8, 4) is 0 Å². The van der Waals surface area contributed by atoms with Gasteiger partial charge in [0.25, 0.3) is 12.9 Å². The van der Waals surface area contributed by atoms with E-state index in [4.69, 9.17) is 9.82 Å². The number of thiazole rings is 1. The Hall–Kier alpha value is -3.37. The molecule has 0 saturated carbocycles. The molecule has 10 nitrogen and oxygen atoms in total. The highest BCUT2D eigenvalue weighted by Gasteiger charge is 2.31. The van der Waals surface area contributed by atoms with Crippen LogP contribution < -0.4 is 0 Å². The molecular formula is C26H26F4N5O5S2-. The molecule has 0 radical (unpaired) electrons. The first-order chi connectivity index (χ1) is 19.9. The summed E-state index contributed by atoms with van der Waals surface area (Å²) in [6.45, 7) is 1.93. The minimum absolute atomic E-state index is 0.0456. The van der Waals surface area contributed by atoms with Crippen molar-refractivity contribution in [1.82, 2.24) is 19.7 Å². The molecule has 3 aromatic rings. The number of benzene rings is 1. The summed E-state index contributed by atoms with van der Waals surface area (Å²) in [5, 5.41) is 10.3. The zero-order valence-electron chi connectivity index (χ0n) is 22.3. The number of carbonyl (C=O) groups excluding carboxylic acids is 1. The van der Waals surface area contributed by atoms with E-state index in [0.29, 0.717) is 65.6 Å². The summed E-state index contributed by atoms with van der Waals surface area (Å²) in [7, 11) is -4.49. The van der Waals surface area contributed by atoms with Crippen LogP contribution in [0, 0.1) is 6.92 Å². The highest BCUT2D eigenvalue weighted by atomic mass is 32.2. The maximum absolute atomic E-state index is 13.3. The number of piperidine rings is 1. The Balaban J connectivity index is 1.18. The lowest BCUT2D eigenvalue weighted by Crippen LogP contribution is -2.40. The van der Waals surface area contributed by atoms with Crippen LogP contribution in [0.2, 0.25) is 0 Å². The second-order valence-corrected chi connectivity index (χ2v) is 12.5. The number of rotatable bonds is 9. The summed E-state index contributed by atoms with van der Waals surface area (Å²) in [6, 6.07) is 5.81. The van der Waals surface area contributed by atoms with Crippen LogP contribution in [0.3, 0.4) is 0 Å². The van der Waals surface area contributed by atoms with E-state index in [9.17, 15) is 35.3 Å². The predicted octanol–water partition coefficient (Wildman–Crippen LogP) is 4.84. The van der Waals surface area contributed by atoms with Crippen LogP contribution in [0.25, 0.3) is 0 Å². The van der Waals surface area contributed by atoms with Gasteiger partial charge in [0.2, 0.25) is 5.91 Å². The number of aromatic nitrogens is 3. The topological polar surface area (TPSA) is 130 Å². The van der Waals surface area contributed by atoms with Gasteiger partial charge in [-0.05, 0) is 37.0 Å². The number of carbonyl (C=O) groups is 1. The van der Waals surface area contributed by atoms with Crippen molar-refractivity contribution in [2.24, 2.45) is 5.16 Å². The Morgan fingerprint density at radius 2 is 1.90 bits per heavy atom. The molecule has 1 atom stereocenters. The second-order valence-electron chi connectivity index (χ2n) is 10.2. The Morgan fingerprint density at radius 3 is 2.57 bits per heavy atom. The fraction of sp³-hybridized carbons (Fsp3) is 0.462. The third kappa shape index (κ3) is 6.81. The zero-order chi connectivity index (χ0) is 30.2. The van der Waals surface area contributed by atoms with Crippen molar-refractivity contribution in [3.63, 3.8) is 0 Å². The summed E-state index contributed by atoms with van der Waals surface area (Å²) in [6.07, 6.45) is -5.14. The van der Waals surface area contributed by atoms with Crippen LogP contribution in [0.5, 0.6) is 0 Å². The molecule has 0 spiro atoms. The predicted molar refractivity (Wildman–Crippen MR) is 142 cm³/mol. The first kappa shape index (κ1) is 30.1. The molecule has 4 heterocycles. The maximum atomic E-state index is 13.3. The largest absolute Gasteiger partial charge is 0.748 e. The molecular weight excluding hydrogens is 602 g/mol. The van der Waals surface area contributed by atoms with Crippen molar-refractivity contribution in [2.45, 2.75) is 63.4 Å². The molecule has 1 amide bonds. The van der Waals surface area contributed by atoms with E-state index < -0.39 is 58.7 Å². The molecule has 2 aliphatic rings. The molecule has 42 heavy (non-hydrogen) atoms. The number of aryl methyl sites for hydroxylation is 1. The summed E-state index contributed by atoms with van der Waals surface area (Å²) in [5.41, 5.74) is 1.45. The van der Waals surface area contributed by atoms with Crippen LogP contribution in [-0.2, 0) is 32.0 Å². The number of amides is 1. The van der Waals surface area contributed by atoms with E-state index in [0.717, 1.165) is 10.6 Å². The molecule has 2 aromatic heterocycles. The Bertz CT molecular complexity index is 1600. The van der Waals surface area contributed by atoms with Gasteiger partial charge in [-0.2, -0.15) is 5.10 Å². The van der Waals surface area contributed by atoms with E-state index in [1.165, 1.54) is 16.2 Å². The number of halogens is 4. The minimum Gasteiger partial charge on any atom is -0.748 e. The fourth-order valence-electron chi connectivity index (χ4n) is 5.13. The van der Waals surface area contributed by atoms with Gasteiger partial charge in [0.1, 0.15) is 23.6 Å². The van der Waals surface area contributed by atoms with Crippen molar-refractivity contribution in [3.05, 3.63) is 68.4 Å². The third-order valence-corrected chi connectivity index (χ3v) is 8.89. The second kappa shape index (κ2) is 12.1. The summed E-state index contributed by atoms with van der Waals surface area (Å²) >= 11 is 1.44. The first-order valence-electron chi connectivity index (χ1n) is 13.0. The zero-order valence-corrected chi connectivity index (χ0v) is 23.9. The Morgan fingerprint density at radius 1 is 1.17 bits per heavy atom.